The van der Waals surface area contributed by atoms with Gasteiger partial charge in [-0.05, 0) is 32.9 Å². The molecule has 0 aliphatic rings. The summed E-state index contributed by atoms with van der Waals surface area (Å²) in [5.41, 5.74) is 0.401. The van der Waals surface area contributed by atoms with Gasteiger partial charge in [-0.1, -0.05) is 5.21 Å². The highest BCUT2D eigenvalue weighted by Gasteiger charge is 2.15. The number of aromatic nitrogens is 3. The van der Waals surface area contributed by atoms with Crippen molar-refractivity contribution in [1.29, 1.82) is 0 Å². The minimum Gasteiger partial charge on any atom is -0.491 e. The Kier molecular flexibility index (Phi) is 7.49. The number of benzene rings is 1. The van der Waals surface area contributed by atoms with Crippen molar-refractivity contribution >= 4 is 11.6 Å². The molecule has 0 atom stereocenters. The van der Waals surface area contributed by atoms with Crippen LogP contribution in [0.1, 0.15) is 31.3 Å². The second-order valence-corrected chi connectivity index (χ2v) is 5.20. The Balaban J connectivity index is 2.00. The van der Waals surface area contributed by atoms with Gasteiger partial charge >= 0.3 is 0 Å². The van der Waals surface area contributed by atoms with E-state index in [2.05, 4.69) is 15.6 Å². The van der Waals surface area contributed by atoms with Crippen LogP contribution in [-0.2, 0) is 16.0 Å². The molecular formula is C17H23FN4O4. The number of nitrogens with zero attached hydrogens (tertiary/aromatic N) is 3. The first-order chi connectivity index (χ1) is 12.6. The van der Waals surface area contributed by atoms with Crippen molar-refractivity contribution in [2.75, 3.05) is 25.1 Å². The van der Waals surface area contributed by atoms with E-state index in [4.69, 9.17) is 14.2 Å². The number of rotatable bonds is 10. The van der Waals surface area contributed by atoms with Crippen molar-refractivity contribution < 1.29 is 23.4 Å². The molecule has 0 unspecified atom stereocenters. The lowest BCUT2D eigenvalue weighted by atomic mass is 10.2. The molecule has 2 aromatic rings. The predicted octanol–water partition coefficient (Wildman–Crippen LogP) is 2.47. The Morgan fingerprint density at radius 3 is 2.58 bits per heavy atom. The zero-order valence-electron chi connectivity index (χ0n) is 15.1. The Bertz CT molecular complexity index is 717. The summed E-state index contributed by atoms with van der Waals surface area (Å²) in [4.78, 5) is 12.2. The summed E-state index contributed by atoms with van der Waals surface area (Å²) in [5.74, 6) is -0.914. The number of ether oxygens (including phenoxy) is 3. The van der Waals surface area contributed by atoms with Gasteiger partial charge in [0.2, 0.25) is 0 Å². The number of carbonyl (C=O) groups is 1. The predicted molar refractivity (Wildman–Crippen MR) is 92.6 cm³/mol. The monoisotopic (exact) mass is 366 g/mol. The molecule has 0 radical (unpaired) electrons. The fraction of sp³-hybridized carbons (Fsp3) is 0.471. The van der Waals surface area contributed by atoms with Gasteiger partial charge in [-0.15, -0.1) is 5.10 Å². The molecule has 1 amide bonds. The van der Waals surface area contributed by atoms with Gasteiger partial charge in [-0.25, -0.2) is 9.07 Å². The molecule has 0 spiro atoms. The first kappa shape index (κ1) is 19.8. The summed E-state index contributed by atoms with van der Waals surface area (Å²) in [6, 6.07) is 4.20. The summed E-state index contributed by atoms with van der Waals surface area (Å²) in [6.07, 6.45) is 1.01. The van der Waals surface area contributed by atoms with Crippen molar-refractivity contribution in [1.82, 2.24) is 15.0 Å². The van der Waals surface area contributed by atoms with Crippen LogP contribution < -0.4 is 10.1 Å². The van der Waals surface area contributed by atoms with E-state index in [1.807, 2.05) is 13.8 Å². The quantitative estimate of drug-likeness (QED) is 0.650. The van der Waals surface area contributed by atoms with Crippen LogP contribution in [0, 0.1) is 5.82 Å². The molecule has 0 bridgehead atoms. The highest BCUT2D eigenvalue weighted by Crippen LogP contribution is 2.21. The summed E-state index contributed by atoms with van der Waals surface area (Å²) in [7, 11) is 0. The summed E-state index contributed by atoms with van der Waals surface area (Å²) >= 11 is 0. The van der Waals surface area contributed by atoms with Crippen LogP contribution in [0.2, 0.25) is 0 Å². The van der Waals surface area contributed by atoms with Gasteiger partial charge in [0.05, 0.1) is 19.3 Å². The van der Waals surface area contributed by atoms with Crippen LogP contribution in [0.4, 0.5) is 10.1 Å². The van der Waals surface area contributed by atoms with Gasteiger partial charge < -0.3 is 19.5 Å². The smallest absolute Gasteiger partial charge is 0.277 e. The summed E-state index contributed by atoms with van der Waals surface area (Å²) in [6.45, 7) is 7.15. The van der Waals surface area contributed by atoms with E-state index in [9.17, 15) is 9.18 Å². The van der Waals surface area contributed by atoms with E-state index in [1.54, 1.807) is 13.0 Å². The van der Waals surface area contributed by atoms with Crippen LogP contribution >= 0.6 is 0 Å². The minimum atomic E-state index is -0.551. The second-order valence-electron chi connectivity index (χ2n) is 5.20. The number of nitrogens with one attached hydrogen (secondary N) is 1. The third kappa shape index (κ3) is 5.50. The van der Waals surface area contributed by atoms with Crippen molar-refractivity contribution in [3.05, 3.63) is 35.9 Å². The number of hydrogen-bond acceptors (Lipinski definition) is 6. The number of carbonyl (C=O) groups excluding carboxylic acids is 1. The fourth-order valence-corrected chi connectivity index (χ4v) is 2.22. The fourth-order valence-electron chi connectivity index (χ4n) is 2.22. The molecule has 1 N–H and O–H groups in total. The molecule has 0 saturated carbocycles. The second kappa shape index (κ2) is 9.83. The number of hydrogen-bond donors (Lipinski definition) is 1. The molecule has 0 saturated heterocycles. The Morgan fingerprint density at radius 1 is 1.23 bits per heavy atom. The number of halogens is 1. The standard InChI is InChI=1S/C17H23FN4O4/c1-4-24-15-8-7-12(9-13(15)18)19-17(23)14-10-22(21-20-14)11-16(25-5-2)26-6-3/h7-10,16H,4-6,11H2,1-3H3,(H,19,23). The number of amides is 1. The topological polar surface area (TPSA) is 87.5 Å². The van der Waals surface area contributed by atoms with Gasteiger partial charge in [-0.3, -0.25) is 4.79 Å². The van der Waals surface area contributed by atoms with E-state index in [0.29, 0.717) is 32.1 Å². The van der Waals surface area contributed by atoms with Crippen molar-refractivity contribution in [2.24, 2.45) is 0 Å². The lowest BCUT2D eigenvalue weighted by Crippen LogP contribution is -2.24. The first-order valence-electron chi connectivity index (χ1n) is 8.44. The average molecular weight is 366 g/mol. The van der Waals surface area contributed by atoms with Crippen molar-refractivity contribution in [2.45, 2.75) is 33.6 Å². The maximum Gasteiger partial charge on any atom is 0.277 e. The average Bonchev–Trinajstić information content (AvgIpc) is 3.06. The maximum absolute atomic E-state index is 13.8. The largest absolute Gasteiger partial charge is 0.491 e. The minimum absolute atomic E-state index is 0.103. The Hall–Kier alpha value is -2.52. The summed E-state index contributed by atoms with van der Waals surface area (Å²) in [5, 5.41) is 10.3. The van der Waals surface area contributed by atoms with Crippen LogP contribution in [0.5, 0.6) is 5.75 Å². The zero-order chi connectivity index (χ0) is 18.9. The first-order valence-corrected chi connectivity index (χ1v) is 8.44. The third-order valence-corrected chi connectivity index (χ3v) is 3.30. The van der Waals surface area contributed by atoms with E-state index >= 15 is 0 Å². The maximum atomic E-state index is 13.8. The molecule has 8 nitrogen and oxygen atoms in total. The molecule has 9 heteroatoms. The molecule has 0 aliphatic heterocycles. The van der Waals surface area contributed by atoms with E-state index in [1.165, 1.54) is 23.0 Å². The Labute approximate surface area is 151 Å². The molecule has 142 valence electrons. The van der Waals surface area contributed by atoms with Gasteiger partial charge in [0.15, 0.2) is 23.6 Å². The highest BCUT2D eigenvalue weighted by atomic mass is 19.1. The van der Waals surface area contributed by atoms with Crippen molar-refractivity contribution in [3.8, 4) is 5.75 Å². The molecule has 1 aromatic carbocycles. The SMILES string of the molecule is CCOc1ccc(NC(=O)c2cn(CC(OCC)OCC)nn2)cc1F. The van der Waals surface area contributed by atoms with Crippen LogP contribution in [0.25, 0.3) is 0 Å². The van der Waals surface area contributed by atoms with Crippen LogP contribution in [0.15, 0.2) is 24.4 Å². The van der Waals surface area contributed by atoms with E-state index in [-0.39, 0.29) is 11.4 Å². The highest BCUT2D eigenvalue weighted by molar-refractivity contribution is 6.02. The van der Waals surface area contributed by atoms with Gasteiger partial charge in [-0.2, -0.15) is 0 Å². The number of anilines is 1. The Morgan fingerprint density at radius 2 is 1.96 bits per heavy atom. The molecule has 1 aromatic heterocycles. The van der Waals surface area contributed by atoms with Crippen molar-refractivity contribution in [3.63, 3.8) is 0 Å². The third-order valence-electron chi connectivity index (χ3n) is 3.30. The zero-order valence-corrected chi connectivity index (χ0v) is 15.1. The molecule has 0 fully saturated rings. The van der Waals surface area contributed by atoms with Gasteiger partial charge in [0.25, 0.3) is 5.91 Å². The van der Waals surface area contributed by atoms with E-state index < -0.39 is 18.0 Å². The molecular weight excluding hydrogens is 343 g/mol. The molecule has 26 heavy (non-hydrogen) atoms. The van der Waals surface area contributed by atoms with Crippen LogP contribution in [-0.4, -0.2) is 47.0 Å². The van der Waals surface area contributed by atoms with E-state index in [0.717, 1.165) is 0 Å². The summed E-state index contributed by atoms with van der Waals surface area (Å²) < 4.78 is 31.3. The molecule has 2 rings (SSSR count). The van der Waals surface area contributed by atoms with Crippen LogP contribution in [0.3, 0.4) is 0 Å². The van der Waals surface area contributed by atoms with Gasteiger partial charge in [0.1, 0.15) is 0 Å². The lowest BCUT2D eigenvalue weighted by Gasteiger charge is -2.16. The van der Waals surface area contributed by atoms with Gasteiger partial charge in [0, 0.05) is 25.0 Å². The molecule has 0 aliphatic carbocycles. The normalized spacial score (nSPS) is 11.0. The molecule has 1 heterocycles. The lowest BCUT2D eigenvalue weighted by molar-refractivity contribution is -0.145.